The summed E-state index contributed by atoms with van der Waals surface area (Å²) in [6.07, 6.45) is 10.8. The lowest BCUT2D eigenvalue weighted by Gasteiger charge is -2.18. The molecule has 0 spiro atoms. The first-order valence-corrected chi connectivity index (χ1v) is 10.2. The van der Waals surface area contributed by atoms with E-state index in [1.165, 1.54) is 44.6 Å². The molecule has 0 atom stereocenters. The summed E-state index contributed by atoms with van der Waals surface area (Å²) >= 11 is 0. The molecule has 0 aliphatic carbocycles. The predicted octanol–water partition coefficient (Wildman–Crippen LogP) is 3.05. The lowest BCUT2D eigenvalue weighted by atomic mass is 10.0. The van der Waals surface area contributed by atoms with Crippen molar-refractivity contribution in [3.8, 4) is 0 Å². The van der Waals surface area contributed by atoms with Gasteiger partial charge in [-0.2, -0.15) is 0 Å². The van der Waals surface area contributed by atoms with Gasteiger partial charge in [0, 0.05) is 5.56 Å². The van der Waals surface area contributed by atoms with Gasteiger partial charge in [-0.25, -0.2) is 8.42 Å². The van der Waals surface area contributed by atoms with Crippen LogP contribution >= 0.6 is 0 Å². The minimum atomic E-state index is -4.42. The topological polar surface area (TPSA) is 61.6 Å². The fraction of sp³-hybridized carbons (Fsp3) is 0.667. The molecule has 0 aliphatic heterocycles. The van der Waals surface area contributed by atoms with Crippen LogP contribution in [0.15, 0.2) is 23.1 Å². The predicted molar refractivity (Wildman–Crippen MR) is 93.2 cm³/mol. The van der Waals surface area contributed by atoms with E-state index < -0.39 is 10.1 Å². The number of aryl methyl sites for hydroxylation is 1. The van der Waals surface area contributed by atoms with Crippen molar-refractivity contribution in [3.63, 3.8) is 0 Å². The lowest BCUT2D eigenvalue weighted by molar-refractivity contribution is -0.788. The largest absolute Gasteiger partial charge is 0.744 e. The van der Waals surface area contributed by atoms with Crippen molar-refractivity contribution in [2.24, 2.45) is 0 Å². The molecule has 5 heteroatoms. The van der Waals surface area contributed by atoms with Crippen molar-refractivity contribution in [3.05, 3.63) is 23.8 Å². The first-order valence-electron chi connectivity index (χ1n) is 8.76. The van der Waals surface area contributed by atoms with Crippen molar-refractivity contribution in [1.29, 1.82) is 0 Å². The minimum absolute atomic E-state index is 0.0745. The van der Waals surface area contributed by atoms with Gasteiger partial charge < -0.3 is 9.45 Å². The minimum Gasteiger partial charge on any atom is -0.744 e. The fourth-order valence-electron chi connectivity index (χ4n) is 3.01. The van der Waals surface area contributed by atoms with Crippen LogP contribution in [-0.2, 0) is 16.5 Å². The lowest BCUT2D eigenvalue weighted by Crippen LogP contribution is -3.00. The number of unbranched alkanes of at least 4 members (excludes halogenated alkanes) is 7. The van der Waals surface area contributed by atoms with Crippen LogP contribution in [0.4, 0.5) is 5.69 Å². The van der Waals surface area contributed by atoms with Crippen LogP contribution in [0.1, 0.15) is 63.9 Å². The summed E-state index contributed by atoms with van der Waals surface area (Å²) in [4.78, 5) is 0.809. The Kier molecular flexibility index (Phi) is 8.81. The molecule has 0 heterocycles. The zero-order valence-electron chi connectivity index (χ0n) is 14.7. The Hall–Kier alpha value is -0.910. The molecule has 1 aromatic carbocycles. The van der Waals surface area contributed by atoms with E-state index in [1.54, 1.807) is 6.07 Å². The van der Waals surface area contributed by atoms with Crippen molar-refractivity contribution < 1.29 is 17.9 Å². The van der Waals surface area contributed by atoms with Crippen LogP contribution in [0.25, 0.3) is 0 Å². The van der Waals surface area contributed by atoms with Gasteiger partial charge in [0.25, 0.3) is 0 Å². The van der Waals surface area contributed by atoms with Gasteiger partial charge in [0.1, 0.15) is 15.0 Å². The quantitative estimate of drug-likeness (QED) is 0.497. The van der Waals surface area contributed by atoms with Crippen molar-refractivity contribution >= 4 is 15.8 Å². The third-order valence-corrected chi connectivity index (χ3v) is 5.06. The zero-order chi connectivity index (χ0) is 17.3. The Labute approximate surface area is 141 Å². The van der Waals surface area contributed by atoms with Gasteiger partial charge in [-0.05, 0) is 18.9 Å². The molecule has 0 radical (unpaired) electrons. The number of benzene rings is 1. The van der Waals surface area contributed by atoms with Crippen LogP contribution < -0.4 is 4.90 Å². The highest BCUT2D eigenvalue weighted by Crippen LogP contribution is 2.23. The number of quaternary nitrogens is 1. The van der Waals surface area contributed by atoms with Gasteiger partial charge in [0.15, 0.2) is 5.69 Å². The molecule has 23 heavy (non-hydrogen) atoms. The second-order valence-corrected chi connectivity index (χ2v) is 7.82. The van der Waals surface area contributed by atoms with Crippen molar-refractivity contribution in [2.45, 2.75) is 69.6 Å². The molecule has 0 unspecified atom stereocenters. The summed E-state index contributed by atoms with van der Waals surface area (Å²) in [6, 6.07) is 5.04. The number of hydrogen-bond donors (Lipinski definition) is 1. The Morgan fingerprint density at radius 1 is 0.957 bits per heavy atom. The first-order chi connectivity index (χ1) is 10.9. The number of nitrogens with one attached hydrogen (secondary N) is 1. The maximum absolute atomic E-state index is 11.4. The molecule has 0 amide bonds. The number of rotatable bonds is 11. The molecule has 0 saturated heterocycles. The molecule has 0 bridgehead atoms. The molecule has 0 saturated carbocycles. The molecular formula is C18H31NO3S. The van der Waals surface area contributed by atoms with Gasteiger partial charge in [-0.1, -0.05) is 64.0 Å². The van der Waals surface area contributed by atoms with Crippen LogP contribution in [0, 0.1) is 0 Å². The second-order valence-electron chi connectivity index (χ2n) is 6.47. The van der Waals surface area contributed by atoms with Gasteiger partial charge in [0.05, 0.1) is 14.1 Å². The van der Waals surface area contributed by atoms with Crippen molar-refractivity contribution in [2.75, 3.05) is 14.1 Å². The molecule has 1 aromatic rings. The summed E-state index contributed by atoms with van der Waals surface area (Å²) < 4.78 is 34.3. The smallest absolute Gasteiger partial charge is 0.151 e. The molecule has 4 nitrogen and oxygen atoms in total. The Balaban J connectivity index is 2.57. The maximum Gasteiger partial charge on any atom is 0.151 e. The van der Waals surface area contributed by atoms with Gasteiger partial charge in [-0.15, -0.1) is 0 Å². The summed E-state index contributed by atoms with van der Waals surface area (Å²) in [7, 11) is -0.695. The fourth-order valence-corrected chi connectivity index (χ4v) is 3.84. The van der Waals surface area contributed by atoms with Gasteiger partial charge >= 0.3 is 0 Å². The van der Waals surface area contributed by atoms with Gasteiger partial charge in [-0.3, -0.25) is 0 Å². The summed E-state index contributed by atoms with van der Waals surface area (Å²) in [5.41, 5.74) is 1.61. The molecule has 1 rings (SSSR count). The van der Waals surface area contributed by atoms with Crippen LogP contribution in [0.3, 0.4) is 0 Å². The van der Waals surface area contributed by atoms with E-state index in [0.717, 1.165) is 29.7 Å². The Morgan fingerprint density at radius 3 is 2.04 bits per heavy atom. The van der Waals surface area contributed by atoms with Crippen LogP contribution in [-0.4, -0.2) is 27.1 Å². The molecule has 0 aromatic heterocycles. The van der Waals surface area contributed by atoms with Crippen molar-refractivity contribution in [1.82, 2.24) is 0 Å². The maximum atomic E-state index is 11.4. The number of para-hydroxylation sites is 1. The first kappa shape index (κ1) is 20.1. The van der Waals surface area contributed by atoms with E-state index in [4.69, 9.17) is 0 Å². The monoisotopic (exact) mass is 341 g/mol. The van der Waals surface area contributed by atoms with Gasteiger partial charge in [0.2, 0.25) is 0 Å². The Bertz CT molecular complexity index is 568. The third-order valence-electron chi connectivity index (χ3n) is 4.18. The zero-order valence-corrected chi connectivity index (χ0v) is 15.5. The Morgan fingerprint density at radius 2 is 1.52 bits per heavy atom. The molecule has 132 valence electrons. The molecular weight excluding hydrogens is 310 g/mol. The van der Waals surface area contributed by atoms with E-state index in [0.29, 0.717) is 5.69 Å². The number of hydrogen-bond acceptors (Lipinski definition) is 3. The SMILES string of the molecule is CCCCCCCCCCc1cccc(S(=O)(=O)[O-])c1[NH+](C)C. The van der Waals surface area contributed by atoms with E-state index in [-0.39, 0.29) is 4.90 Å². The third kappa shape index (κ3) is 7.02. The molecule has 1 N–H and O–H groups in total. The summed E-state index contributed by atoms with van der Waals surface area (Å²) in [5, 5.41) is 0. The highest BCUT2D eigenvalue weighted by Gasteiger charge is 2.18. The van der Waals surface area contributed by atoms with E-state index in [1.807, 2.05) is 20.2 Å². The summed E-state index contributed by atoms with van der Waals surface area (Å²) in [6.45, 7) is 2.22. The van der Waals surface area contributed by atoms with E-state index in [9.17, 15) is 13.0 Å². The summed E-state index contributed by atoms with van der Waals surface area (Å²) in [5.74, 6) is 0. The second kappa shape index (κ2) is 10.1. The standard InChI is InChI=1S/C18H31NO3S/c1-4-5-6-7-8-9-10-11-13-16-14-12-15-17(23(20,21)22)18(16)19(2)3/h12,14-15H,4-11,13H2,1-3H3,(H,20,21,22). The highest BCUT2D eigenvalue weighted by molar-refractivity contribution is 7.85. The van der Waals surface area contributed by atoms with E-state index >= 15 is 0 Å². The molecule has 0 fully saturated rings. The highest BCUT2D eigenvalue weighted by atomic mass is 32.2. The van der Waals surface area contributed by atoms with E-state index in [2.05, 4.69) is 6.92 Å². The average molecular weight is 342 g/mol. The van der Waals surface area contributed by atoms with Crippen LogP contribution in [0.2, 0.25) is 0 Å². The van der Waals surface area contributed by atoms with Crippen LogP contribution in [0.5, 0.6) is 0 Å². The normalized spacial score (nSPS) is 12.0. The average Bonchev–Trinajstić information content (AvgIpc) is 2.48. The molecule has 0 aliphatic rings.